The van der Waals surface area contributed by atoms with Crippen LogP contribution in [-0.2, 0) is 12.8 Å². The lowest BCUT2D eigenvalue weighted by atomic mass is 10.2. The van der Waals surface area contributed by atoms with Crippen LogP contribution < -0.4 is 9.47 Å². The minimum atomic E-state index is -4.72. The number of hydrogen-bond donors (Lipinski definition) is 3. The minimum absolute atomic E-state index is 0.0308. The van der Waals surface area contributed by atoms with Crippen molar-refractivity contribution in [3.05, 3.63) is 107 Å². The van der Waals surface area contributed by atoms with Gasteiger partial charge in [0.25, 0.3) is 17.7 Å². The molecule has 4 heterocycles. The molecular weight excluding hydrogens is 674 g/mol. The molecule has 20 heteroatoms. The Bertz CT molecular complexity index is 2370. The largest absolute Gasteiger partial charge is 0.476 e. The van der Waals surface area contributed by atoms with Crippen molar-refractivity contribution in [2.45, 2.75) is 12.8 Å². The van der Waals surface area contributed by atoms with Crippen molar-refractivity contribution in [1.29, 1.82) is 0 Å². The molecule has 4 aromatic heterocycles. The van der Waals surface area contributed by atoms with E-state index in [1.165, 1.54) is 16.9 Å². The highest BCUT2D eigenvalue weighted by molar-refractivity contribution is 5.88. The van der Waals surface area contributed by atoms with E-state index in [2.05, 4.69) is 63.9 Å². The van der Waals surface area contributed by atoms with Gasteiger partial charge in [-0.25, -0.2) is 28.4 Å². The Labute approximate surface area is 274 Å². The van der Waals surface area contributed by atoms with Crippen LogP contribution in [0.3, 0.4) is 0 Å². The quantitative estimate of drug-likeness (QED) is 0.153. The van der Waals surface area contributed by atoms with Crippen LogP contribution in [0.2, 0.25) is 0 Å². The summed E-state index contributed by atoms with van der Waals surface area (Å²) in [5.74, 6) is 5.12. The molecule has 0 aliphatic heterocycles. The molecule has 0 aliphatic rings. The number of hydrogen-bond acceptors (Lipinski definition) is 11. The molecule has 50 heavy (non-hydrogen) atoms. The molecule has 0 bridgehead atoms. The normalized spacial score (nSPS) is 10.9. The average Bonchev–Trinajstić information content (AvgIpc) is 3.88. The average molecular weight is 689 g/mol. The van der Waals surface area contributed by atoms with Crippen LogP contribution in [0, 0.1) is 29.5 Å². The van der Waals surface area contributed by atoms with Gasteiger partial charge in [-0.15, -0.1) is 0 Å². The second-order valence-corrected chi connectivity index (χ2v) is 9.64. The molecule has 0 unspecified atom stereocenters. The summed E-state index contributed by atoms with van der Waals surface area (Å²) in [4.78, 5) is 26.5. The van der Waals surface area contributed by atoms with Gasteiger partial charge in [0.1, 0.15) is 24.4 Å². The summed E-state index contributed by atoms with van der Waals surface area (Å²) in [5.41, 5.74) is -1.31. The lowest BCUT2D eigenvalue weighted by Crippen LogP contribution is -2.16. The maximum atomic E-state index is 14.8. The third kappa shape index (κ3) is 7.39. The molecule has 16 nitrogen and oxygen atoms in total. The Hall–Kier alpha value is -7.48. The predicted octanol–water partition coefficient (Wildman–Crippen LogP) is 4.03. The van der Waals surface area contributed by atoms with Crippen LogP contribution in [0.1, 0.15) is 49.4 Å². The van der Waals surface area contributed by atoms with Crippen molar-refractivity contribution in [2.75, 3.05) is 0 Å². The summed E-state index contributed by atoms with van der Waals surface area (Å²) in [6.45, 7) is -0.250. The Morgan fingerprint density at radius 3 is 2.48 bits per heavy atom. The highest BCUT2D eigenvalue weighted by Gasteiger charge is 2.34. The third-order valence-corrected chi connectivity index (χ3v) is 6.19. The van der Waals surface area contributed by atoms with Crippen molar-refractivity contribution < 1.29 is 51.3 Å². The number of aromatic nitrogens is 9. The summed E-state index contributed by atoms with van der Waals surface area (Å²) >= 11 is 0. The molecule has 6 rings (SSSR count). The Kier molecular flexibility index (Phi) is 8.65. The second-order valence-electron chi connectivity index (χ2n) is 9.64. The molecular formula is C30H15F4N9O7. The van der Waals surface area contributed by atoms with E-state index < -0.39 is 52.8 Å². The number of benzene rings is 2. The van der Waals surface area contributed by atoms with Crippen molar-refractivity contribution in [3.8, 4) is 46.9 Å². The summed E-state index contributed by atoms with van der Waals surface area (Å²) in [5, 5.41) is 40.0. The maximum absolute atomic E-state index is 14.8. The topological polar surface area (TPSA) is 209 Å². The van der Waals surface area contributed by atoms with Gasteiger partial charge < -0.3 is 24.1 Å². The predicted molar refractivity (Wildman–Crippen MR) is 154 cm³/mol. The molecule has 0 spiro atoms. The van der Waals surface area contributed by atoms with Gasteiger partial charge in [0.15, 0.2) is 17.3 Å². The molecule has 0 atom stereocenters. The minimum Gasteiger partial charge on any atom is -0.476 e. The van der Waals surface area contributed by atoms with Crippen LogP contribution in [-0.4, -0.2) is 67.3 Å². The van der Waals surface area contributed by atoms with E-state index >= 15 is 0 Å². The van der Waals surface area contributed by atoms with Crippen LogP contribution in [0.25, 0.3) is 0 Å². The summed E-state index contributed by atoms with van der Waals surface area (Å²) in [7, 11) is 0. The number of aromatic carboxylic acids is 2. The number of H-pyrrole nitrogens is 1. The fourth-order valence-electron chi connectivity index (χ4n) is 3.98. The smallest absolute Gasteiger partial charge is 0.436 e. The number of carboxylic acid groups (broad SMARTS) is 2. The molecule has 0 aliphatic carbocycles. The fourth-order valence-corrected chi connectivity index (χ4v) is 3.98. The third-order valence-electron chi connectivity index (χ3n) is 6.19. The molecule has 0 fully saturated rings. The van der Waals surface area contributed by atoms with E-state index in [1.807, 2.05) is 0 Å². The number of nitrogens with zero attached hydrogens (tertiary/aromatic N) is 8. The summed E-state index contributed by atoms with van der Waals surface area (Å²) in [6, 6.07) is 11.2. The summed E-state index contributed by atoms with van der Waals surface area (Å²) < 4.78 is 70.6. The monoisotopic (exact) mass is 689 g/mol. The zero-order chi connectivity index (χ0) is 35.4. The molecule has 0 saturated heterocycles. The van der Waals surface area contributed by atoms with E-state index in [0.717, 1.165) is 16.8 Å². The number of oxazole rings is 1. The number of carbonyl (C=O) groups is 2. The number of nitrogens with one attached hydrogen (secondary N) is 1. The first-order chi connectivity index (χ1) is 23.9. The molecule has 0 amide bonds. The second kappa shape index (κ2) is 13.3. The number of halogens is 4. The fraction of sp³-hybridized carbons (Fsp3) is 0.0667. The zero-order valence-electron chi connectivity index (χ0n) is 24.5. The van der Waals surface area contributed by atoms with Crippen LogP contribution in [0.4, 0.5) is 17.6 Å². The lowest BCUT2D eigenvalue weighted by Gasteiger charge is -2.06. The van der Waals surface area contributed by atoms with Gasteiger partial charge in [0, 0.05) is 17.3 Å². The number of aromatic amines is 1. The van der Waals surface area contributed by atoms with Crippen molar-refractivity contribution in [1.82, 2.24) is 45.2 Å². The van der Waals surface area contributed by atoms with Crippen molar-refractivity contribution >= 4 is 11.9 Å². The van der Waals surface area contributed by atoms with E-state index in [4.69, 9.17) is 14.6 Å². The first-order valence-electron chi connectivity index (χ1n) is 13.6. The lowest BCUT2D eigenvalue weighted by molar-refractivity contribution is -0.141. The number of carboxylic acids is 2. The first-order valence-corrected chi connectivity index (χ1v) is 13.6. The molecule has 0 saturated carbocycles. The highest BCUT2D eigenvalue weighted by Crippen LogP contribution is 2.29. The Morgan fingerprint density at radius 1 is 0.940 bits per heavy atom. The SMILES string of the molecule is O=C(O)c1[nH]nnc1Oc1cccc(C#Cc2ccn(Cn3nnc(Oc4ccc(C#Cc5nc(C(F)(F)F)co5)cc4F)c3C(=O)O)n2)c1. The molecule has 2 aromatic carbocycles. The van der Waals surface area contributed by atoms with E-state index in [1.54, 1.807) is 30.3 Å². The van der Waals surface area contributed by atoms with E-state index in [0.29, 0.717) is 17.5 Å². The first kappa shape index (κ1) is 32.5. The molecule has 3 N–H and O–H groups in total. The zero-order valence-corrected chi connectivity index (χ0v) is 24.5. The van der Waals surface area contributed by atoms with Crippen LogP contribution in [0.5, 0.6) is 23.3 Å². The van der Waals surface area contributed by atoms with Gasteiger partial charge in [-0.2, -0.15) is 23.3 Å². The van der Waals surface area contributed by atoms with Crippen molar-refractivity contribution in [3.63, 3.8) is 0 Å². The van der Waals surface area contributed by atoms with E-state index in [9.17, 15) is 32.3 Å². The molecule has 0 radical (unpaired) electrons. The molecule has 6 aromatic rings. The highest BCUT2D eigenvalue weighted by atomic mass is 19.4. The van der Waals surface area contributed by atoms with Gasteiger partial charge in [0.2, 0.25) is 11.4 Å². The van der Waals surface area contributed by atoms with Gasteiger partial charge in [-0.05, 0) is 54.3 Å². The Balaban J connectivity index is 1.13. The van der Waals surface area contributed by atoms with Gasteiger partial charge in [-0.1, -0.05) is 38.5 Å². The van der Waals surface area contributed by atoms with Gasteiger partial charge >= 0.3 is 18.1 Å². The number of rotatable bonds is 8. The van der Waals surface area contributed by atoms with Crippen LogP contribution >= 0.6 is 0 Å². The summed E-state index contributed by atoms with van der Waals surface area (Å²) in [6.07, 6.45) is -2.82. The number of alkyl halides is 3. The van der Waals surface area contributed by atoms with Crippen LogP contribution in [0.15, 0.2) is 65.4 Å². The maximum Gasteiger partial charge on any atom is 0.436 e. The number of ether oxygens (including phenoxy) is 2. The standard InChI is InChI=1S/C30H15F4N9O7/c31-20-13-17(6-9-23-35-22(14-48-23)30(32,33)34)5-8-21(20)50-27-25(29(46)47)43(41-38-27)15-42-11-10-18(39-42)7-4-16-2-1-3-19(12-16)49-26-24(28(44)45)36-40-37-26/h1-3,5,8,10-14H,15H2,(H,44,45)(H,46,47)(H,36,37,40). The van der Waals surface area contributed by atoms with Crippen molar-refractivity contribution in [2.24, 2.45) is 0 Å². The van der Waals surface area contributed by atoms with Gasteiger partial charge in [0.05, 0.1) is 0 Å². The molecule has 250 valence electrons. The Morgan fingerprint density at radius 2 is 1.74 bits per heavy atom. The van der Waals surface area contributed by atoms with Gasteiger partial charge in [-0.3, -0.25) is 0 Å². The van der Waals surface area contributed by atoms with E-state index in [-0.39, 0.29) is 29.6 Å².